The van der Waals surface area contributed by atoms with Crippen molar-refractivity contribution in [2.24, 2.45) is 0 Å². The van der Waals surface area contributed by atoms with Crippen LogP contribution in [-0.4, -0.2) is 39.2 Å². The molecular formula is C12H15N3O4. The molecule has 1 aromatic rings. The van der Waals surface area contributed by atoms with Crippen molar-refractivity contribution in [1.29, 1.82) is 0 Å². The number of carbonyl (C=O) groups excluding carboxylic acids is 1. The van der Waals surface area contributed by atoms with Crippen LogP contribution in [0, 0.1) is 6.92 Å². The van der Waals surface area contributed by atoms with Gasteiger partial charge in [-0.2, -0.15) is 0 Å². The molecule has 0 bridgehead atoms. The Kier molecular flexibility index (Phi) is 4.06. The highest BCUT2D eigenvalue weighted by Crippen LogP contribution is 2.19. The van der Waals surface area contributed by atoms with E-state index in [0.717, 1.165) is 5.69 Å². The Morgan fingerprint density at radius 3 is 2.68 bits per heavy atom. The number of nitrogens with zero attached hydrogens (tertiary/aromatic N) is 2. The van der Waals surface area contributed by atoms with Gasteiger partial charge in [-0.15, -0.1) is 0 Å². The zero-order chi connectivity index (χ0) is 13.8. The van der Waals surface area contributed by atoms with Crippen LogP contribution in [0.25, 0.3) is 0 Å². The number of rotatable bonds is 4. The van der Waals surface area contributed by atoms with E-state index in [0.29, 0.717) is 18.5 Å². The molecule has 1 saturated heterocycles. The summed E-state index contributed by atoms with van der Waals surface area (Å²) in [6, 6.07) is 0. The van der Waals surface area contributed by atoms with Gasteiger partial charge < -0.3 is 15.2 Å². The van der Waals surface area contributed by atoms with Gasteiger partial charge in [-0.3, -0.25) is 14.8 Å². The minimum Gasteiger partial charge on any atom is -0.479 e. The number of nitrogens with one attached hydrogen (secondary N) is 1. The molecule has 2 N–H and O–H groups in total. The summed E-state index contributed by atoms with van der Waals surface area (Å²) in [6.07, 6.45) is 2.41. The van der Waals surface area contributed by atoms with Crippen LogP contribution in [0.2, 0.25) is 0 Å². The minimum absolute atomic E-state index is 0.254. The third kappa shape index (κ3) is 3.47. The fourth-order valence-corrected chi connectivity index (χ4v) is 1.81. The second-order valence-corrected chi connectivity index (χ2v) is 4.40. The van der Waals surface area contributed by atoms with Gasteiger partial charge in [-0.05, 0) is 19.8 Å². The van der Waals surface area contributed by atoms with E-state index in [2.05, 4.69) is 15.3 Å². The van der Waals surface area contributed by atoms with Crippen LogP contribution in [0.1, 0.15) is 24.2 Å². The van der Waals surface area contributed by atoms with E-state index < -0.39 is 18.2 Å². The summed E-state index contributed by atoms with van der Waals surface area (Å²) in [5.41, 5.74) is 1.45. The summed E-state index contributed by atoms with van der Waals surface area (Å²) in [7, 11) is 0. The first-order valence-electron chi connectivity index (χ1n) is 6.00. The van der Waals surface area contributed by atoms with Crippen molar-refractivity contribution in [3.63, 3.8) is 0 Å². The van der Waals surface area contributed by atoms with Gasteiger partial charge in [0.25, 0.3) is 0 Å². The lowest BCUT2D eigenvalue weighted by atomic mass is 10.2. The molecule has 1 fully saturated rings. The maximum absolute atomic E-state index is 11.8. The number of amides is 1. The summed E-state index contributed by atoms with van der Waals surface area (Å²) in [5.74, 6) is -1.34. The first kappa shape index (κ1) is 13.4. The number of aromatic nitrogens is 2. The molecule has 0 saturated carbocycles. The van der Waals surface area contributed by atoms with Gasteiger partial charge in [0.2, 0.25) is 5.91 Å². The van der Waals surface area contributed by atoms with Crippen LogP contribution >= 0.6 is 0 Å². The molecule has 7 heteroatoms. The molecule has 1 amide bonds. The quantitative estimate of drug-likeness (QED) is 0.796. The van der Waals surface area contributed by atoms with Gasteiger partial charge in [-0.25, -0.2) is 4.79 Å². The predicted octanol–water partition coefficient (Wildman–Crippen LogP) is 0.0334. The van der Waals surface area contributed by atoms with Gasteiger partial charge in [-0.1, -0.05) is 0 Å². The molecule has 19 heavy (non-hydrogen) atoms. The van der Waals surface area contributed by atoms with Crippen molar-refractivity contribution in [3.05, 3.63) is 23.8 Å². The smallest absolute Gasteiger partial charge is 0.332 e. The van der Waals surface area contributed by atoms with E-state index in [1.807, 2.05) is 6.92 Å². The summed E-state index contributed by atoms with van der Waals surface area (Å²) in [4.78, 5) is 30.7. The molecule has 1 aliphatic rings. The molecule has 0 radical (unpaired) electrons. The molecule has 2 heterocycles. The van der Waals surface area contributed by atoms with Crippen molar-refractivity contribution < 1.29 is 19.4 Å². The number of ether oxygens (including phenoxy) is 1. The van der Waals surface area contributed by atoms with Crippen LogP contribution in [-0.2, 0) is 20.9 Å². The second-order valence-electron chi connectivity index (χ2n) is 4.40. The highest BCUT2D eigenvalue weighted by Gasteiger charge is 2.34. The number of carboxylic acid groups (broad SMARTS) is 1. The van der Waals surface area contributed by atoms with Crippen LogP contribution in [0.4, 0.5) is 0 Å². The Hall–Kier alpha value is -2.02. The summed E-state index contributed by atoms with van der Waals surface area (Å²) in [5, 5.41) is 11.4. The van der Waals surface area contributed by atoms with Crippen molar-refractivity contribution in [2.45, 2.75) is 38.5 Å². The molecule has 102 valence electrons. The fourth-order valence-electron chi connectivity index (χ4n) is 1.81. The largest absolute Gasteiger partial charge is 0.479 e. The fraction of sp³-hybridized carbons (Fsp3) is 0.500. The van der Waals surface area contributed by atoms with E-state index in [1.165, 1.54) is 0 Å². The average Bonchev–Trinajstić information content (AvgIpc) is 2.87. The Morgan fingerprint density at radius 2 is 2.11 bits per heavy atom. The molecule has 2 rings (SSSR count). The first-order valence-corrected chi connectivity index (χ1v) is 6.00. The first-order chi connectivity index (χ1) is 9.06. The highest BCUT2D eigenvalue weighted by atomic mass is 16.5. The molecule has 1 aliphatic heterocycles. The lowest BCUT2D eigenvalue weighted by molar-refractivity contribution is -0.151. The molecule has 0 aliphatic carbocycles. The summed E-state index contributed by atoms with van der Waals surface area (Å²) in [6.45, 7) is 2.08. The summed E-state index contributed by atoms with van der Waals surface area (Å²) < 4.78 is 5.14. The number of hydrogen-bond donors (Lipinski definition) is 2. The van der Waals surface area contributed by atoms with Crippen LogP contribution in [0.15, 0.2) is 12.4 Å². The van der Waals surface area contributed by atoms with Crippen molar-refractivity contribution in [1.82, 2.24) is 15.3 Å². The lowest BCUT2D eigenvalue weighted by Crippen LogP contribution is -2.35. The monoisotopic (exact) mass is 265 g/mol. The average molecular weight is 265 g/mol. The molecule has 0 spiro atoms. The van der Waals surface area contributed by atoms with E-state index in [-0.39, 0.29) is 12.5 Å². The van der Waals surface area contributed by atoms with Crippen molar-refractivity contribution in [2.75, 3.05) is 0 Å². The number of carbonyl (C=O) groups is 2. The van der Waals surface area contributed by atoms with Gasteiger partial charge in [0, 0.05) is 6.20 Å². The van der Waals surface area contributed by atoms with Crippen molar-refractivity contribution in [3.8, 4) is 0 Å². The van der Waals surface area contributed by atoms with Gasteiger partial charge in [0.05, 0.1) is 24.1 Å². The predicted molar refractivity (Wildman–Crippen MR) is 64.1 cm³/mol. The minimum atomic E-state index is -1.03. The Bertz CT molecular complexity index is 474. The van der Waals surface area contributed by atoms with Crippen LogP contribution < -0.4 is 5.32 Å². The molecular weight excluding hydrogens is 250 g/mol. The zero-order valence-electron chi connectivity index (χ0n) is 10.5. The number of hydrogen-bond acceptors (Lipinski definition) is 5. The second kappa shape index (κ2) is 5.75. The molecule has 0 aromatic carbocycles. The molecule has 2 unspecified atom stereocenters. The number of carboxylic acids is 1. The lowest BCUT2D eigenvalue weighted by Gasteiger charge is -2.11. The number of aryl methyl sites for hydroxylation is 1. The Balaban J connectivity index is 1.82. The van der Waals surface area contributed by atoms with E-state index in [1.54, 1.807) is 12.4 Å². The zero-order valence-corrected chi connectivity index (χ0v) is 10.5. The van der Waals surface area contributed by atoms with Crippen molar-refractivity contribution >= 4 is 11.9 Å². The van der Waals surface area contributed by atoms with Gasteiger partial charge in [0.15, 0.2) is 6.10 Å². The van der Waals surface area contributed by atoms with E-state index in [4.69, 9.17) is 9.84 Å². The SMILES string of the molecule is Cc1cnc(CNC(=O)C2CCC(C(=O)O)O2)cn1. The highest BCUT2D eigenvalue weighted by molar-refractivity contribution is 5.82. The summed E-state index contributed by atoms with van der Waals surface area (Å²) >= 11 is 0. The van der Waals surface area contributed by atoms with Crippen LogP contribution in [0.5, 0.6) is 0 Å². The number of aliphatic carboxylic acids is 1. The normalized spacial score (nSPS) is 22.2. The molecule has 2 atom stereocenters. The maximum Gasteiger partial charge on any atom is 0.332 e. The van der Waals surface area contributed by atoms with Gasteiger partial charge >= 0.3 is 5.97 Å². The van der Waals surface area contributed by atoms with Gasteiger partial charge in [0.1, 0.15) is 6.10 Å². The molecule has 1 aromatic heterocycles. The standard InChI is InChI=1S/C12H15N3O4/c1-7-4-14-8(5-13-7)6-15-11(16)9-2-3-10(19-9)12(17)18/h4-5,9-10H,2-3,6H2,1H3,(H,15,16)(H,17,18). The van der Waals surface area contributed by atoms with Crippen LogP contribution in [0.3, 0.4) is 0 Å². The third-order valence-electron chi connectivity index (χ3n) is 2.87. The third-order valence-corrected chi connectivity index (χ3v) is 2.87. The Labute approximate surface area is 110 Å². The topological polar surface area (TPSA) is 101 Å². The maximum atomic E-state index is 11.8. The Morgan fingerprint density at radius 1 is 1.37 bits per heavy atom. The van der Waals surface area contributed by atoms with E-state index >= 15 is 0 Å². The molecule has 7 nitrogen and oxygen atoms in total. The van der Waals surface area contributed by atoms with E-state index in [9.17, 15) is 9.59 Å².